The van der Waals surface area contributed by atoms with E-state index in [1.807, 2.05) is 13.1 Å². The van der Waals surface area contributed by atoms with E-state index in [0.29, 0.717) is 24.9 Å². The van der Waals surface area contributed by atoms with Crippen LogP contribution in [0.25, 0.3) is 0 Å². The molecule has 1 fully saturated rings. The number of ether oxygens (including phenoxy) is 3. The highest BCUT2D eigenvalue weighted by Gasteiger charge is 2.31. The molecule has 3 atom stereocenters. The molecular formula is C22H36N2O4. The van der Waals surface area contributed by atoms with E-state index < -0.39 is 0 Å². The van der Waals surface area contributed by atoms with Gasteiger partial charge in [-0.1, -0.05) is 19.9 Å². The molecule has 0 saturated carbocycles. The van der Waals surface area contributed by atoms with Gasteiger partial charge in [-0.15, -0.1) is 0 Å². The van der Waals surface area contributed by atoms with E-state index in [0.717, 1.165) is 43.7 Å². The zero-order valence-corrected chi connectivity index (χ0v) is 17.7. The van der Waals surface area contributed by atoms with Crippen molar-refractivity contribution in [3.8, 4) is 11.5 Å². The summed E-state index contributed by atoms with van der Waals surface area (Å²) in [5.41, 5.74) is 7.58. The molecule has 0 aliphatic carbocycles. The summed E-state index contributed by atoms with van der Waals surface area (Å²) in [4.78, 5) is 11.4. The van der Waals surface area contributed by atoms with Crippen molar-refractivity contribution in [1.29, 1.82) is 0 Å². The number of nitrogens with two attached hydrogens (primary N) is 1. The molecule has 1 aliphatic rings. The molecule has 3 N–H and O–H groups in total. The molecule has 0 bridgehead atoms. The van der Waals surface area contributed by atoms with E-state index in [1.165, 1.54) is 5.56 Å². The lowest BCUT2D eigenvalue weighted by Gasteiger charge is -2.27. The standard InChI is InChI=1S/C22H36N2O4/c1-15(2)17(14-18(23)19-8-9-22(25)28-19)12-16-6-7-20(26-4)21(13-16)27-11-5-10-24-3/h6-7,13,15,17-19,24H,5,8-12,14,23H2,1-4H3. The van der Waals surface area contributed by atoms with Crippen molar-refractivity contribution in [3.05, 3.63) is 23.8 Å². The van der Waals surface area contributed by atoms with Crippen LogP contribution in [-0.2, 0) is 16.0 Å². The fourth-order valence-corrected chi connectivity index (χ4v) is 3.64. The largest absolute Gasteiger partial charge is 0.493 e. The predicted molar refractivity (Wildman–Crippen MR) is 111 cm³/mol. The van der Waals surface area contributed by atoms with Gasteiger partial charge in [-0.25, -0.2) is 0 Å². The van der Waals surface area contributed by atoms with E-state index in [4.69, 9.17) is 19.9 Å². The van der Waals surface area contributed by atoms with Crippen molar-refractivity contribution in [1.82, 2.24) is 5.32 Å². The first kappa shape index (κ1) is 22.5. The third kappa shape index (κ3) is 6.67. The van der Waals surface area contributed by atoms with Gasteiger partial charge in [0.15, 0.2) is 11.5 Å². The molecule has 1 saturated heterocycles. The molecule has 0 amide bonds. The highest BCUT2D eigenvalue weighted by atomic mass is 16.6. The van der Waals surface area contributed by atoms with Crippen LogP contribution in [0, 0.1) is 11.8 Å². The smallest absolute Gasteiger partial charge is 0.306 e. The molecule has 0 radical (unpaired) electrons. The normalized spacial score (nSPS) is 18.8. The van der Waals surface area contributed by atoms with E-state index in [9.17, 15) is 4.79 Å². The second-order valence-corrected chi connectivity index (χ2v) is 7.97. The Hall–Kier alpha value is -1.79. The Morgan fingerprint density at radius 3 is 2.71 bits per heavy atom. The summed E-state index contributed by atoms with van der Waals surface area (Å²) in [5, 5.41) is 3.12. The Morgan fingerprint density at radius 1 is 1.32 bits per heavy atom. The topological polar surface area (TPSA) is 82.8 Å². The van der Waals surface area contributed by atoms with Crippen molar-refractivity contribution in [2.45, 2.75) is 58.1 Å². The highest BCUT2D eigenvalue weighted by Crippen LogP contribution is 2.32. The number of benzene rings is 1. The first-order chi connectivity index (χ1) is 13.4. The van der Waals surface area contributed by atoms with Crippen LogP contribution in [0.2, 0.25) is 0 Å². The number of carbonyl (C=O) groups excluding carboxylic acids is 1. The minimum atomic E-state index is -0.143. The lowest BCUT2D eigenvalue weighted by atomic mass is 9.83. The summed E-state index contributed by atoms with van der Waals surface area (Å²) in [5.74, 6) is 2.29. The van der Waals surface area contributed by atoms with Crippen LogP contribution >= 0.6 is 0 Å². The molecule has 6 heteroatoms. The molecule has 1 heterocycles. The molecule has 0 spiro atoms. The van der Waals surface area contributed by atoms with Crippen molar-refractivity contribution in [2.75, 3.05) is 27.3 Å². The fourth-order valence-electron chi connectivity index (χ4n) is 3.64. The van der Waals surface area contributed by atoms with Gasteiger partial charge in [-0.05, 0) is 68.8 Å². The number of hydrogen-bond acceptors (Lipinski definition) is 6. The van der Waals surface area contributed by atoms with Gasteiger partial charge in [-0.2, -0.15) is 0 Å². The van der Waals surface area contributed by atoms with Crippen LogP contribution < -0.4 is 20.5 Å². The first-order valence-electron chi connectivity index (χ1n) is 10.3. The van der Waals surface area contributed by atoms with E-state index in [2.05, 4.69) is 31.3 Å². The molecule has 2 rings (SSSR count). The SMILES string of the molecule is CNCCCOc1cc(CC(CC(N)C2CCC(=O)O2)C(C)C)ccc1OC. The second-order valence-electron chi connectivity index (χ2n) is 7.97. The van der Waals surface area contributed by atoms with Gasteiger partial charge < -0.3 is 25.3 Å². The van der Waals surface area contributed by atoms with E-state index in [-0.39, 0.29) is 18.1 Å². The number of nitrogens with one attached hydrogen (secondary N) is 1. The second kappa shape index (κ2) is 11.3. The molecule has 1 aromatic rings. The summed E-state index contributed by atoms with van der Waals surface area (Å²) in [6.07, 6.45) is 3.75. The average Bonchev–Trinajstić information content (AvgIpc) is 3.11. The molecule has 6 nitrogen and oxygen atoms in total. The van der Waals surface area contributed by atoms with E-state index in [1.54, 1.807) is 7.11 Å². The zero-order chi connectivity index (χ0) is 20.5. The minimum absolute atomic E-state index is 0.116. The molecule has 0 aromatic heterocycles. The number of methoxy groups -OCH3 is 1. The Kier molecular flexibility index (Phi) is 9.06. The Labute approximate surface area is 169 Å². The number of hydrogen-bond donors (Lipinski definition) is 2. The molecular weight excluding hydrogens is 356 g/mol. The van der Waals surface area contributed by atoms with Crippen molar-refractivity contribution < 1.29 is 19.0 Å². The summed E-state index contributed by atoms with van der Waals surface area (Å²) in [6, 6.07) is 6.03. The monoisotopic (exact) mass is 392 g/mol. The molecule has 158 valence electrons. The third-order valence-electron chi connectivity index (χ3n) is 5.47. The lowest BCUT2D eigenvalue weighted by Crippen LogP contribution is -2.37. The van der Waals surface area contributed by atoms with Gasteiger partial charge in [0.2, 0.25) is 0 Å². The van der Waals surface area contributed by atoms with Gasteiger partial charge in [0, 0.05) is 12.5 Å². The Morgan fingerprint density at radius 2 is 2.11 bits per heavy atom. The first-order valence-corrected chi connectivity index (χ1v) is 10.3. The molecule has 3 unspecified atom stereocenters. The summed E-state index contributed by atoms with van der Waals surface area (Å²) >= 11 is 0. The van der Waals surface area contributed by atoms with Gasteiger partial charge in [0.25, 0.3) is 0 Å². The number of esters is 1. The van der Waals surface area contributed by atoms with Crippen LogP contribution in [0.3, 0.4) is 0 Å². The lowest BCUT2D eigenvalue weighted by molar-refractivity contribution is -0.142. The van der Waals surface area contributed by atoms with Gasteiger partial charge in [-0.3, -0.25) is 4.79 Å². The Bertz CT molecular complexity index is 621. The van der Waals surface area contributed by atoms with Crippen molar-refractivity contribution in [3.63, 3.8) is 0 Å². The average molecular weight is 393 g/mol. The van der Waals surface area contributed by atoms with Crippen LogP contribution in [0.5, 0.6) is 11.5 Å². The van der Waals surface area contributed by atoms with Crippen LogP contribution in [0.15, 0.2) is 18.2 Å². The maximum atomic E-state index is 11.4. The third-order valence-corrected chi connectivity index (χ3v) is 5.47. The Balaban J connectivity index is 2.01. The number of rotatable bonds is 12. The van der Waals surface area contributed by atoms with Gasteiger partial charge in [0.1, 0.15) is 6.10 Å². The van der Waals surface area contributed by atoms with Gasteiger partial charge in [0.05, 0.1) is 13.7 Å². The van der Waals surface area contributed by atoms with Crippen molar-refractivity contribution >= 4 is 5.97 Å². The van der Waals surface area contributed by atoms with Crippen LogP contribution in [0.1, 0.15) is 45.1 Å². The molecule has 28 heavy (non-hydrogen) atoms. The van der Waals surface area contributed by atoms with Crippen LogP contribution in [0.4, 0.5) is 0 Å². The van der Waals surface area contributed by atoms with Gasteiger partial charge >= 0.3 is 5.97 Å². The quantitative estimate of drug-likeness (QED) is 0.420. The number of carbonyl (C=O) groups is 1. The molecule has 1 aliphatic heterocycles. The maximum Gasteiger partial charge on any atom is 0.306 e. The number of cyclic esters (lactones) is 1. The fraction of sp³-hybridized carbons (Fsp3) is 0.682. The summed E-state index contributed by atoms with van der Waals surface area (Å²) in [6.45, 7) is 6.00. The minimum Gasteiger partial charge on any atom is -0.493 e. The highest BCUT2D eigenvalue weighted by molar-refractivity contribution is 5.71. The summed E-state index contributed by atoms with van der Waals surface area (Å²) in [7, 11) is 3.60. The van der Waals surface area contributed by atoms with E-state index >= 15 is 0 Å². The molecule has 1 aromatic carbocycles. The zero-order valence-electron chi connectivity index (χ0n) is 17.7. The van der Waals surface area contributed by atoms with Crippen molar-refractivity contribution in [2.24, 2.45) is 17.6 Å². The maximum absolute atomic E-state index is 11.4. The summed E-state index contributed by atoms with van der Waals surface area (Å²) < 4.78 is 16.7. The van der Waals surface area contributed by atoms with Crippen LogP contribution in [-0.4, -0.2) is 45.4 Å². The predicted octanol–water partition coefficient (Wildman–Crippen LogP) is 2.92.